The molecule has 0 spiro atoms. The van der Waals surface area contributed by atoms with E-state index in [0.717, 1.165) is 0 Å². The maximum absolute atomic E-state index is 10.6. The minimum Gasteiger partial charge on any atom is -0.744 e. The Balaban J connectivity index is 0.00000256. The van der Waals surface area contributed by atoms with Gasteiger partial charge in [0.1, 0.15) is 24.5 Å². The van der Waals surface area contributed by atoms with Gasteiger partial charge in [0, 0.05) is 0 Å². The van der Waals surface area contributed by atoms with Crippen molar-refractivity contribution in [1.29, 1.82) is 0 Å². The molecule has 0 aliphatic heterocycles. The van der Waals surface area contributed by atoms with E-state index in [9.17, 15) is 25.9 Å². The van der Waals surface area contributed by atoms with Crippen molar-refractivity contribution in [2.24, 2.45) is 0 Å². The average molecular weight is 287 g/mol. The molecule has 1 aromatic rings. The molecule has 0 fully saturated rings. The van der Waals surface area contributed by atoms with Gasteiger partial charge in [-0.25, -0.2) is 16.8 Å². The van der Waals surface area contributed by atoms with Crippen LogP contribution in [0.15, 0.2) is 34.6 Å². The Hall–Kier alpha value is -0.454. The second-order valence-corrected chi connectivity index (χ2v) is 5.74. The Labute approximate surface area is 115 Å². The molecule has 9 heteroatoms. The van der Waals surface area contributed by atoms with E-state index >= 15 is 0 Å². The summed E-state index contributed by atoms with van der Waals surface area (Å²) in [6, 6.07) is 7.32. The van der Waals surface area contributed by atoms with Crippen LogP contribution in [-0.2, 0) is 20.2 Å². The van der Waals surface area contributed by atoms with Gasteiger partial charge in [-0.3, -0.25) is 0 Å². The predicted molar refractivity (Wildman–Crippen MR) is 59.6 cm³/mol. The monoisotopic (exact) mass is 286 g/mol. The Morgan fingerprint density at radius 1 is 0.941 bits per heavy atom. The minimum absolute atomic E-state index is 0. The molecule has 1 rings (SSSR count). The molecule has 1 aromatic carbocycles. The summed E-state index contributed by atoms with van der Waals surface area (Å²) < 4.78 is 61.8. The third-order valence-corrected chi connectivity index (χ3v) is 4.02. The molecule has 0 saturated heterocycles. The Morgan fingerprint density at radius 3 is 1.71 bits per heavy atom. The van der Waals surface area contributed by atoms with E-state index in [2.05, 4.69) is 0 Å². The zero-order valence-electron chi connectivity index (χ0n) is 8.44. The van der Waals surface area contributed by atoms with Crippen LogP contribution in [-0.4, -0.2) is 49.0 Å². The summed E-state index contributed by atoms with van der Waals surface area (Å²) in [5.41, 5.74) is 0.136. The molecule has 6 nitrogen and oxygen atoms in total. The van der Waals surface area contributed by atoms with E-state index in [4.69, 9.17) is 0 Å². The van der Waals surface area contributed by atoms with E-state index in [-0.39, 0.29) is 28.6 Å². The van der Waals surface area contributed by atoms with Crippen LogP contribution in [0.2, 0.25) is 0 Å². The normalized spacial score (nSPS) is 11.4. The number of rotatable bonds is 3. The third-order valence-electron chi connectivity index (χ3n) is 1.58. The maximum atomic E-state index is 10.6. The third kappa shape index (κ3) is 5.15. The first-order valence-corrected chi connectivity index (χ1v) is 6.71. The van der Waals surface area contributed by atoms with Crippen molar-refractivity contribution < 1.29 is 25.9 Å². The van der Waals surface area contributed by atoms with E-state index in [1.165, 1.54) is 24.3 Å². The SMILES string of the molecule is O=S(=O)([O-])C(=Cc1ccccc1)S(=O)(=O)[O-].[Mg+2]. The van der Waals surface area contributed by atoms with Crippen molar-refractivity contribution in [3.63, 3.8) is 0 Å². The van der Waals surface area contributed by atoms with Crippen LogP contribution >= 0.6 is 0 Å². The molecule has 0 aliphatic rings. The summed E-state index contributed by atoms with van der Waals surface area (Å²) >= 11 is 0. The fourth-order valence-electron chi connectivity index (χ4n) is 0.955. The smallest absolute Gasteiger partial charge is 0.744 e. The second kappa shape index (κ2) is 5.93. The standard InChI is InChI=1S/C8H8O6S2.Mg/c9-15(10,11)8(16(12,13)14)6-7-4-2-1-3-5-7;/h1-6H,(H,9,10,11)(H,12,13,14);/q;+2/p-2. The van der Waals surface area contributed by atoms with Crippen molar-refractivity contribution in [2.45, 2.75) is 0 Å². The molecule has 0 saturated carbocycles. The van der Waals surface area contributed by atoms with Gasteiger partial charge in [-0.2, -0.15) is 0 Å². The first-order chi connectivity index (χ1) is 7.21. The second-order valence-electron chi connectivity index (χ2n) is 2.78. The van der Waals surface area contributed by atoms with Crippen molar-refractivity contribution in [1.82, 2.24) is 0 Å². The van der Waals surface area contributed by atoms with Gasteiger partial charge in [0.25, 0.3) is 0 Å². The molecular weight excluding hydrogens is 281 g/mol. The topological polar surface area (TPSA) is 114 Å². The Kier molecular flexibility index (Phi) is 5.77. The van der Waals surface area contributed by atoms with E-state index in [0.29, 0.717) is 6.08 Å². The fraction of sp³-hybridized carbons (Fsp3) is 0. The predicted octanol–water partition coefficient (Wildman–Crippen LogP) is -0.305. The minimum atomic E-state index is -5.31. The largest absolute Gasteiger partial charge is 2.00 e. The number of hydrogen-bond donors (Lipinski definition) is 0. The molecule has 0 heterocycles. The molecule has 0 bridgehead atoms. The van der Waals surface area contributed by atoms with E-state index in [1.54, 1.807) is 6.07 Å². The van der Waals surface area contributed by atoms with Crippen molar-refractivity contribution in [3.8, 4) is 0 Å². The average Bonchev–Trinajstić information content (AvgIpc) is 2.12. The fourth-order valence-corrected chi connectivity index (χ4v) is 2.52. The van der Waals surface area contributed by atoms with Gasteiger partial charge in [0.2, 0.25) is 0 Å². The summed E-state index contributed by atoms with van der Waals surface area (Å²) in [6.07, 6.45) is 0.532. The number of benzene rings is 1. The van der Waals surface area contributed by atoms with Crippen LogP contribution in [0.4, 0.5) is 0 Å². The van der Waals surface area contributed by atoms with Crippen LogP contribution < -0.4 is 0 Å². The van der Waals surface area contributed by atoms with Crippen LogP contribution in [0, 0.1) is 0 Å². The van der Waals surface area contributed by atoms with Gasteiger partial charge in [-0.1, -0.05) is 30.3 Å². The van der Waals surface area contributed by atoms with Crippen molar-refractivity contribution >= 4 is 49.4 Å². The van der Waals surface area contributed by atoms with Crippen LogP contribution in [0.25, 0.3) is 6.08 Å². The molecule has 0 radical (unpaired) electrons. The molecule has 0 N–H and O–H groups in total. The van der Waals surface area contributed by atoms with Crippen LogP contribution in [0.3, 0.4) is 0 Å². The van der Waals surface area contributed by atoms with E-state index < -0.39 is 24.5 Å². The molecule has 17 heavy (non-hydrogen) atoms. The van der Waals surface area contributed by atoms with Gasteiger partial charge in [0.15, 0.2) is 0 Å². The molecule has 0 amide bonds. The first kappa shape index (κ1) is 16.5. The van der Waals surface area contributed by atoms with Gasteiger partial charge in [-0.05, 0) is 11.6 Å². The summed E-state index contributed by atoms with van der Waals surface area (Å²) in [7, 11) is -10.6. The summed E-state index contributed by atoms with van der Waals surface area (Å²) in [5.74, 6) is 0. The van der Waals surface area contributed by atoms with Crippen molar-refractivity contribution in [3.05, 3.63) is 40.1 Å². The quantitative estimate of drug-likeness (QED) is 0.556. The van der Waals surface area contributed by atoms with Gasteiger partial charge in [0.05, 0.1) is 0 Å². The summed E-state index contributed by atoms with van der Waals surface area (Å²) in [5, 5.41) is 0. The molecular formula is C8H6MgO6S2. The summed E-state index contributed by atoms with van der Waals surface area (Å²) in [4.78, 5) is 0. The zero-order chi connectivity index (χ0) is 12.4. The van der Waals surface area contributed by atoms with Crippen molar-refractivity contribution in [2.75, 3.05) is 0 Å². The van der Waals surface area contributed by atoms with Gasteiger partial charge in [-0.15, -0.1) is 0 Å². The zero-order valence-corrected chi connectivity index (χ0v) is 11.5. The van der Waals surface area contributed by atoms with Gasteiger partial charge < -0.3 is 9.11 Å². The van der Waals surface area contributed by atoms with Crippen LogP contribution in [0.5, 0.6) is 0 Å². The summed E-state index contributed by atoms with van der Waals surface area (Å²) in [6.45, 7) is 0. The number of hydrogen-bond acceptors (Lipinski definition) is 6. The molecule has 88 valence electrons. The Bertz CT molecular complexity index is 569. The Morgan fingerprint density at radius 2 is 1.35 bits per heavy atom. The molecule has 0 aromatic heterocycles. The van der Waals surface area contributed by atoms with Gasteiger partial charge >= 0.3 is 23.1 Å². The first-order valence-electron chi connectivity index (χ1n) is 3.90. The van der Waals surface area contributed by atoms with E-state index in [1.807, 2.05) is 0 Å². The molecule has 0 unspecified atom stereocenters. The maximum Gasteiger partial charge on any atom is 2.00 e. The molecule has 0 aliphatic carbocycles. The molecule has 0 atom stereocenters. The van der Waals surface area contributed by atoms with Crippen LogP contribution in [0.1, 0.15) is 5.56 Å².